The molecule has 0 spiro atoms. The Kier molecular flexibility index (Phi) is 4.81. The molecule has 0 atom stereocenters. The van der Waals surface area contributed by atoms with E-state index in [4.69, 9.17) is 0 Å². The number of hydrogen-bond donors (Lipinski definition) is 1. The molecule has 0 saturated heterocycles. The second kappa shape index (κ2) is 7.03. The van der Waals surface area contributed by atoms with Crippen LogP contribution in [0.4, 0.5) is 14.5 Å². The first kappa shape index (κ1) is 17.1. The summed E-state index contributed by atoms with van der Waals surface area (Å²) in [4.78, 5) is -0.332. The van der Waals surface area contributed by atoms with Crippen LogP contribution in [0.2, 0.25) is 0 Å². The fourth-order valence-corrected chi connectivity index (χ4v) is 3.55. The molecule has 0 aliphatic rings. The highest BCUT2D eigenvalue weighted by Crippen LogP contribution is 2.23. The number of nitrogens with one attached hydrogen (secondary N) is 1. The third-order valence-electron chi connectivity index (χ3n) is 3.70. The summed E-state index contributed by atoms with van der Waals surface area (Å²) in [7, 11) is -4.02. The van der Waals surface area contributed by atoms with Gasteiger partial charge in [-0.25, -0.2) is 17.2 Å². The first-order valence-corrected chi connectivity index (χ1v) is 9.04. The molecule has 128 valence electrons. The molecule has 3 rings (SSSR count). The van der Waals surface area contributed by atoms with E-state index >= 15 is 0 Å². The molecule has 0 radical (unpaired) electrons. The molecule has 0 amide bonds. The van der Waals surface area contributed by atoms with Crippen LogP contribution in [0.3, 0.4) is 0 Å². The molecular weight excluding hydrogens is 344 g/mol. The van der Waals surface area contributed by atoms with E-state index in [1.165, 1.54) is 0 Å². The van der Waals surface area contributed by atoms with Crippen LogP contribution in [0.1, 0.15) is 11.1 Å². The number of sulfonamides is 1. The van der Waals surface area contributed by atoms with Crippen molar-refractivity contribution in [2.75, 3.05) is 4.72 Å². The quantitative estimate of drug-likeness (QED) is 0.736. The Labute approximate surface area is 145 Å². The summed E-state index contributed by atoms with van der Waals surface area (Å²) >= 11 is 0. The fraction of sp³-hybridized carbons (Fsp3) is 0.0526. The fourth-order valence-electron chi connectivity index (χ4n) is 2.44. The predicted octanol–water partition coefficient (Wildman–Crippen LogP) is 4.36. The molecule has 1 N–H and O–H groups in total. The summed E-state index contributed by atoms with van der Waals surface area (Å²) in [6, 6.07) is 19.1. The minimum atomic E-state index is -4.02. The summed E-state index contributed by atoms with van der Waals surface area (Å²) < 4.78 is 53.8. The predicted molar refractivity (Wildman–Crippen MR) is 92.9 cm³/mol. The average Bonchev–Trinajstić information content (AvgIpc) is 2.60. The molecule has 6 heteroatoms. The molecule has 0 aliphatic carbocycles. The van der Waals surface area contributed by atoms with Crippen molar-refractivity contribution in [1.82, 2.24) is 0 Å². The van der Waals surface area contributed by atoms with E-state index in [1.54, 1.807) is 12.1 Å². The van der Waals surface area contributed by atoms with Crippen molar-refractivity contribution < 1.29 is 17.2 Å². The summed E-state index contributed by atoms with van der Waals surface area (Å²) in [5.74, 6) is -2.30. The largest absolute Gasteiger partial charge is 0.279 e. The van der Waals surface area contributed by atoms with E-state index in [-0.39, 0.29) is 4.90 Å². The molecule has 3 aromatic rings. The van der Waals surface area contributed by atoms with Crippen LogP contribution in [0, 0.1) is 11.6 Å². The maximum absolute atomic E-state index is 13.3. The Morgan fingerprint density at radius 3 is 2.20 bits per heavy atom. The molecule has 0 aliphatic heterocycles. The Balaban J connectivity index is 1.91. The zero-order valence-corrected chi connectivity index (χ0v) is 13.9. The van der Waals surface area contributed by atoms with Gasteiger partial charge in [0.05, 0.1) is 10.6 Å². The van der Waals surface area contributed by atoms with Gasteiger partial charge >= 0.3 is 0 Å². The lowest BCUT2D eigenvalue weighted by atomic mass is 10.0. The third kappa shape index (κ3) is 4.03. The standard InChI is InChI=1S/C19H15F2NO2S/c20-17-11-10-16(13-18(17)21)25(23,24)22-19-9-5-4-8-15(19)12-14-6-2-1-3-7-14/h1-11,13,22H,12H2. The van der Waals surface area contributed by atoms with Gasteiger partial charge in [0.15, 0.2) is 11.6 Å². The molecule has 3 nitrogen and oxygen atoms in total. The number of halogens is 2. The van der Waals surface area contributed by atoms with Gasteiger partial charge in [-0.05, 0) is 41.8 Å². The van der Waals surface area contributed by atoms with Gasteiger partial charge in [-0.1, -0.05) is 48.5 Å². The third-order valence-corrected chi connectivity index (χ3v) is 5.06. The Hall–Kier alpha value is -2.73. The molecule has 3 aromatic carbocycles. The number of rotatable bonds is 5. The number of para-hydroxylation sites is 1. The molecular formula is C19H15F2NO2S. The molecule has 0 aromatic heterocycles. The lowest BCUT2D eigenvalue weighted by molar-refractivity contribution is 0.504. The number of anilines is 1. The lowest BCUT2D eigenvalue weighted by Crippen LogP contribution is -2.14. The molecule has 0 bridgehead atoms. The monoisotopic (exact) mass is 359 g/mol. The summed E-state index contributed by atoms with van der Waals surface area (Å²) in [6.45, 7) is 0. The number of hydrogen-bond acceptors (Lipinski definition) is 2. The highest BCUT2D eigenvalue weighted by Gasteiger charge is 2.18. The highest BCUT2D eigenvalue weighted by molar-refractivity contribution is 7.92. The Morgan fingerprint density at radius 2 is 1.48 bits per heavy atom. The minimum absolute atomic E-state index is 0.332. The van der Waals surface area contributed by atoms with Crippen molar-refractivity contribution in [3.8, 4) is 0 Å². The lowest BCUT2D eigenvalue weighted by Gasteiger charge is -2.13. The molecule has 0 unspecified atom stereocenters. The molecule has 0 fully saturated rings. The van der Waals surface area contributed by atoms with Crippen molar-refractivity contribution in [2.24, 2.45) is 0 Å². The van der Waals surface area contributed by atoms with Gasteiger partial charge in [-0.15, -0.1) is 0 Å². The van der Waals surface area contributed by atoms with Crippen LogP contribution in [-0.2, 0) is 16.4 Å². The zero-order chi connectivity index (χ0) is 17.9. The van der Waals surface area contributed by atoms with Crippen LogP contribution >= 0.6 is 0 Å². The van der Waals surface area contributed by atoms with E-state index in [0.717, 1.165) is 23.3 Å². The van der Waals surface area contributed by atoms with Gasteiger partial charge in [0.2, 0.25) is 0 Å². The van der Waals surface area contributed by atoms with E-state index < -0.39 is 21.7 Å². The summed E-state index contributed by atoms with van der Waals surface area (Å²) in [5, 5.41) is 0. The second-order valence-corrected chi connectivity index (χ2v) is 7.18. The van der Waals surface area contributed by atoms with Gasteiger partial charge in [-0.3, -0.25) is 4.72 Å². The van der Waals surface area contributed by atoms with Crippen LogP contribution in [0.25, 0.3) is 0 Å². The van der Waals surface area contributed by atoms with E-state index in [1.807, 2.05) is 42.5 Å². The van der Waals surface area contributed by atoms with Crippen molar-refractivity contribution in [3.05, 3.63) is 95.6 Å². The van der Waals surface area contributed by atoms with E-state index in [2.05, 4.69) is 4.72 Å². The van der Waals surface area contributed by atoms with Crippen LogP contribution in [0.15, 0.2) is 77.7 Å². The Bertz CT molecular complexity index is 989. The summed E-state index contributed by atoms with van der Waals surface area (Å²) in [5.41, 5.74) is 2.21. The SMILES string of the molecule is O=S(=O)(Nc1ccccc1Cc1ccccc1)c1ccc(F)c(F)c1. The topological polar surface area (TPSA) is 46.2 Å². The van der Waals surface area contributed by atoms with Crippen molar-refractivity contribution in [3.63, 3.8) is 0 Å². The smallest absolute Gasteiger partial charge is 0.262 e. The van der Waals surface area contributed by atoms with Crippen molar-refractivity contribution >= 4 is 15.7 Å². The van der Waals surface area contributed by atoms with Gasteiger partial charge in [-0.2, -0.15) is 0 Å². The van der Waals surface area contributed by atoms with Crippen LogP contribution in [0.5, 0.6) is 0 Å². The van der Waals surface area contributed by atoms with Gasteiger partial charge < -0.3 is 0 Å². The minimum Gasteiger partial charge on any atom is -0.279 e. The van der Waals surface area contributed by atoms with Crippen LogP contribution < -0.4 is 4.72 Å². The molecule has 0 saturated carbocycles. The van der Waals surface area contributed by atoms with Gasteiger partial charge in [0, 0.05) is 0 Å². The molecule has 0 heterocycles. The van der Waals surface area contributed by atoms with Crippen molar-refractivity contribution in [2.45, 2.75) is 11.3 Å². The second-order valence-electron chi connectivity index (χ2n) is 5.50. The van der Waals surface area contributed by atoms with Crippen LogP contribution in [-0.4, -0.2) is 8.42 Å². The Morgan fingerprint density at radius 1 is 0.800 bits per heavy atom. The first-order valence-electron chi connectivity index (χ1n) is 7.55. The van der Waals surface area contributed by atoms with E-state index in [0.29, 0.717) is 18.2 Å². The zero-order valence-electron chi connectivity index (χ0n) is 13.1. The number of benzene rings is 3. The average molecular weight is 359 g/mol. The van der Waals surface area contributed by atoms with Crippen molar-refractivity contribution in [1.29, 1.82) is 0 Å². The van der Waals surface area contributed by atoms with E-state index in [9.17, 15) is 17.2 Å². The maximum atomic E-state index is 13.3. The first-order chi connectivity index (χ1) is 12.0. The maximum Gasteiger partial charge on any atom is 0.262 e. The highest BCUT2D eigenvalue weighted by atomic mass is 32.2. The summed E-state index contributed by atoms with van der Waals surface area (Å²) in [6.07, 6.45) is 0.539. The molecule has 25 heavy (non-hydrogen) atoms. The van der Waals surface area contributed by atoms with Gasteiger partial charge in [0.25, 0.3) is 10.0 Å². The van der Waals surface area contributed by atoms with Gasteiger partial charge in [0.1, 0.15) is 0 Å². The normalized spacial score (nSPS) is 11.3.